The maximum absolute atomic E-state index is 13.4. The standard InChI is InChI=1S/C23H24INO3/c1-17(15-24)12-20(13-18-8-4-2-5-9-18)22(26)25-21(16-28-23(25)27)14-19-10-6-3-7-11-19/h2-11,20-21H,1,12-16H2. The Kier molecular flexibility index (Phi) is 7.25. The van der Waals surface area contributed by atoms with Gasteiger partial charge in [-0.05, 0) is 30.4 Å². The fraction of sp³-hybridized carbons (Fsp3) is 0.304. The van der Waals surface area contributed by atoms with Gasteiger partial charge in [-0.3, -0.25) is 4.79 Å². The summed E-state index contributed by atoms with van der Waals surface area (Å²) in [6.07, 6.45) is 1.21. The largest absolute Gasteiger partial charge is 0.447 e. The van der Waals surface area contributed by atoms with Crippen LogP contribution in [0.5, 0.6) is 0 Å². The predicted molar refractivity (Wildman–Crippen MR) is 118 cm³/mol. The van der Waals surface area contributed by atoms with Gasteiger partial charge in [0.2, 0.25) is 5.91 Å². The third-order valence-electron chi connectivity index (χ3n) is 4.91. The minimum absolute atomic E-state index is 0.168. The number of alkyl halides is 1. The number of rotatable bonds is 8. The van der Waals surface area contributed by atoms with Crippen LogP contribution in [-0.2, 0) is 22.4 Å². The second-order valence-corrected chi connectivity index (χ2v) is 7.87. The molecule has 0 bridgehead atoms. The molecule has 2 amide bonds. The molecule has 5 heteroatoms. The number of imide groups is 1. The fourth-order valence-electron chi connectivity index (χ4n) is 3.51. The van der Waals surface area contributed by atoms with Crippen LogP contribution in [-0.4, -0.2) is 34.0 Å². The lowest BCUT2D eigenvalue weighted by atomic mass is 9.91. The Bertz CT molecular complexity index is 822. The highest BCUT2D eigenvalue weighted by Crippen LogP contribution is 2.25. The topological polar surface area (TPSA) is 46.6 Å². The number of amides is 2. The van der Waals surface area contributed by atoms with Crippen molar-refractivity contribution in [2.24, 2.45) is 5.92 Å². The maximum Gasteiger partial charge on any atom is 0.416 e. The van der Waals surface area contributed by atoms with E-state index in [1.165, 1.54) is 4.90 Å². The summed E-state index contributed by atoms with van der Waals surface area (Å²) in [6, 6.07) is 19.5. The van der Waals surface area contributed by atoms with Crippen LogP contribution >= 0.6 is 22.6 Å². The molecule has 2 aromatic rings. The van der Waals surface area contributed by atoms with E-state index >= 15 is 0 Å². The molecule has 146 valence electrons. The normalized spacial score (nSPS) is 17.2. The van der Waals surface area contributed by atoms with Gasteiger partial charge in [-0.15, -0.1) is 0 Å². The number of cyclic esters (lactones) is 1. The smallest absolute Gasteiger partial charge is 0.416 e. The molecule has 0 saturated carbocycles. The first-order valence-electron chi connectivity index (χ1n) is 9.38. The Labute approximate surface area is 179 Å². The molecule has 0 radical (unpaired) electrons. The second kappa shape index (κ2) is 9.87. The molecule has 1 saturated heterocycles. The highest BCUT2D eigenvalue weighted by atomic mass is 127. The highest BCUT2D eigenvalue weighted by Gasteiger charge is 2.40. The number of hydrogen-bond donors (Lipinski definition) is 0. The monoisotopic (exact) mass is 489 g/mol. The number of halogens is 1. The van der Waals surface area contributed by atoms with Crippen LogP contribution in [0.15, 0.2) is 72.8 Å². The van der Waals surface area contributed by atoms with Crippen molar-refractivity contribution in [3.8, 4) is 0 Å². The lowest BCUT2D eigenvalue weighted by Gasteiger charge is -2.25. The van der Waals surface area contributed by atoms with E-state index in [-0.39, 0.29) is 24.5 Å². The molecular weight excluding hydrogens is 465 g/mol. The molecular formula is C23H24INO3. The quantitative estimate of drug-likeness (QED) is 0.304. The molecule has 2 atom stereocenters. The Morgan fingerprint density at radius 3 is 2.32 bits per heavy atom. The third kappa shape index (κ3) is 5.22. The lowest BCUT2D eigenvalue weighted by molar-refractivity contribution is -0.133. The summed E-state index contributed by atoms with van der Waals surface area (Å²) >= 11 is 2.26. The summed E-state index contributed by atoms with van der Waals surface area (Å²) in [4.78, 5) is 27.1. The Hall–Kier alpha value is -2.15. The number of ether oxygens (including phenoxy) is 1. The van der Waals surface area contributed by atoms with Gasteiger partial charge in [0, 0.05) is 10.3 Å². The summed E-state index contributed by atoms with van der Waals surface area (Å²) < 4.78 is 6.03. The zero-order valence-electron chi connectivity index (χ0n) is 15.7. The van der Waals surface area contributed by atoms with E-state index in [1.54, 1.807) is 0 Å². The molecule has 1 heterocycles. The van der Waals surface area contributed by atoms with Crippen LogP contribution in [0, 0.1) is 5.92 Å². The van der Waals surface area contributed by atoms with Gasteiger partial charge < -0.3 is 4.74 Å². The zero-order chi connectivity index (χ0) is 19.9. The number of carbonyl (C=O) groups is 2. The van der Waals surface area contributed by atoms with Crippen LogP contribution in [0.25, 0.3) is 0 Å². The molecule has 0 N–H and O–H groups in total. The van der Waals surface area contributed by atoms with Crippen LogP contribution in [0.4, 0.5) is 4.79 Å². The van der Waals surface area contributed by atoms with Crippen LogP contribution in [0.1, 0.15) is 17.5 Å². The molecule has 4 nitrogen and oxygen atoms in total. The summed E-state index contributed by atoms with van der Waals surface area (Å²) in [5.74, 6) is -0.494. The first kappa shape index (κ1) is 20.6. The van der Waals surface area contributed by atoms with Crippen molar-refractivity contribution in [1.82, 2.24) is 4.90 Å². The van der Waals surface area contributed by atoms with Crippen molar-refractivity contribution in [2.75, 3.05) is 11.0 Å². The number of hydrogen-bond acceptors (Lipinski definition) is 3. The molecule has 1 fully saturated rings. The molecule has 0 spiro atoms. The van der Waals surface area contributed by atoms with Crippen molar-refractivity contribution in [3.63, 3.8) is 0 Å². The van der Waals surface area contributed by atoms with Gasteiger partial charge in [-0.2, -0.15) is 0 Å². The van der Waals surface area contributed by atoms with Crippen molar-refractivity contribution < 1.29 is 14.3 Å². The van der Waals surface area contributed by atoms with E-state index in [4.69, 9.17) is 4.74 Å². The van der Waals surface area contributed by atoms with E-state index in [1.807, 2.05) is 60.7 Å². The number of allylic oxidation sites excluding steroid dienone is 1. The molecule has 2 aromatic carbocycles. The highest BCUT2D eigenvalue weighted by molar-refractivity contribution is 14.1. The molecule has 28 heavy (non-hydrogen) atoms. The minimum atomic E-state index is -0.538. The average Bonchev–Trinajstić information content (AvgIpc) is 3.08. The summed E-state index contributed by atoms with van der Waals surface area (Å²) in [7, 11) is 0. The van der Waals surface area contributed by atoms with Crippen molar-refractivity contribution in [3.05, 3.63) is 83.9 Å². The number of nitrogens with zero attached hydrogens (tertiary/aromatic N) is 1. The lowest BCUT2D eigenvalue weighted by Crippen LogP contribution is -2.44. The van der Waals surface area contributed by atoms with Crippen molar-refractivity contribution >= 4 is 34.6 Å². The Balaban J connectivity index is 1.80. The first-order valence-corrected chi connectivity index (χ1v) is 10.9. The summed E-state index contributed by atoms with van der Waals surface area (Å²) in [5, 5.41) is 0. The molecule has 0 aromatic heterocycles. The maximum atomic E-state index is 13.4. The van der Waals surface area contributed by atoms with Gasteiger partial charge in [0.25, 0.3) is 0 Å². The first-order chi connectivity index (χ1) is 13.6. The molecule has 0 aliphatic carbocycles. The van der Waals surface area contributed by atoms with E-state index in [2.05, 4.69) is 29.2 Å². The molecule has 3 rings (SSSR count). The van der Waals surface area contributed by atoms with Crippen molar-refractivity contribution in [1.29, 1.82) is 0 Å². The van der Waals surface area contributed by atoms with E-state index in [9.17, 15) is 9.59 Å². The van der Waals surface area contributed by atoms with E-state index in [0.29, 0.717) is 19.3 Å². The van der Waals surface area contributed by atoms with Gasteiger partial charge in [-0.25, -0.2) is 9.69 Å². The Morgan fingerprint density at radius 1 is 1.11 bits per heavy atom. The van der Waals surface area contributed by atoms with Crippen molar-refractivity contribution in [2.45, 2.75) is 25.3 Å². The zero-order valence-corrected chi connectivity index (χ0v) is 17.9. The SMILES string of the molecule is C=C(CI)CC(Cc1ccccc1)C(=O)N1C(=O)OCC1Cc1ccccc1. The number of carbonyl (C=O) groups excluding carboxylic acids is 2. The fourth-order valence-corrected chi connectivity index (χ4v) is 3.82. The predicted octanol–water partition coefficient (Wildman–Crippen LogP) is 4.82. The number of benzene rings is 2. The average molecular weight is 489 g/mol. The van der Waals surface area contributed by atoms with E-state index < -0.39 is 6.09 Å². The van der Waals surface area contributed by atoms with Gasteiger partial charge >= 0.3 is 6.09 Å². The summed E-state index contributed by atoms with van der Waals surface area (Å²) in [6.45, 7) is 4.32. The van der Waals surface area contributed by atoms with Crippen LogP contribution < -0.4 is 0 Å². The molecule has 1 aliphatic heterocycles. The second-order valence-electron chi connectivity index (χ2n) is 7.10. The van der Waals surface area contributed by atoms with Gasteiger partial charge in [0.05, 0.1) is 6.04 Å². The molecule has 1 aliphatic rings. The van der Waals surface area contributed by atoms with Gasteiger partial charge in [0.15, 0.2) is 0 Å². The third-order valence-corrected chi connectivity index (χ3v) is 5.99. The Morgan fingerprint density at radius 2 is 1.71 bits per heavy atom. The van der Waals surface area contributed by atoms with Crippen LogP contribution in [0.3, 0.4) is 0 Å². The van der Waals surface area contributed by atoms with Gasteiger partial charge in [0.1, 0.15) is 6.61 Å². The minimum Gasteiger partial charge on any atom is -0.447 e. The molecule has 2 unspecified atom stereocenters. The summed E-state index contributed by atoms with van der Waals surface area (Å²) in [5.41, 5.74) is 3.16. The van der Waals surface area contributed by atoms with Gasteiger partial charge in [-0.1, -0.05) is 95.4 Å². The van der Waals surface area contributed by atoms with Crippen LogP contribution in [0.2, 0.25) is 0 Å². The van der Waals surface area contributed by atoms with E-state index in [0.717, 1.165) is 21.1 Å².